The molecule has 0 amide bonds. The third kappa shape index (κ3) is 4.64. The van der Waals surface area contributed by atoms with Crippen molar-refractivity contribution in [3.8, 4) is 0 Å². The first-order chi connectivity index (χ1) is 2.41. The van der Waals surface area contributed by atoms with Gasteiger partial charge in [-0.25, -0.2) is 0 Å². The van der Waals surface area contributed by atoms with E-state index in [0.29, 0.717) is 5.88 Å². The summed E-state index contributed by atoms with van der Waals surface area (Å²) in [5.41, 5.74) is 0. The van der Waals surface area contributed by atoms with Crippen molar-refractivity contribution in [2.75, 3.05) is 11.6 Å². The van der Waals surface area contributed by atoms with Gasteiger partial charge in [-0.3, -0.25) is 0 Å². The van der Waals surface area contributed by atoms with Crippen LogP contribution in [0.1, 0.15) is 0 Å². The zero-order chi connectivity index (χ0) is 4.12. The van der Waals surface area contributed by atoms with Crippen LogP contribution in [0.5, 0.6) is 0 Å². The number of hydrogen-bond donors (Lipinski definition) is 0. The van der Waals surface area contributed by atoms with E-state index in [-0.39, 0.29) is 0 Å². The van der Waals surface area contributed by atoms with Crippen molar-refractivity contribution in [2.24, 2.45) is 0 Å². The Kier molecular flexibility index (Phi) is 5.23. The largest absolute Gasteiger partial charge is 0.160 e. The van der Waals surface area contributed by atoms with Crippen LogP contribution >= 0.6 is 23.4 Å². The Bertz CT molecular complexity index is 14.4. The molecular formula is C3H6ClS. The summed E-state index contributed by atoms with van der Waals surface area (Å²) in [6, 6.07) is 0. The van der Waals surface area contributed by atoms with Crippen molar-refractivity contribution in [2.45, 2.75) is 0 Å². The molecule has 0 rings (SSSR count). The number of rotatable bonds is 2. The zero-order valence-corrected chi connectivity index (χ0v) is 4.48. The minimum atomic E-state index is 0.716. The summed E-state index contributed by atoms with van der Waals surface area (Å²) >= 11 is 6.76. The van der Waals surface area contributed by atoms with Crippen LogP contribution in [-0.2, 0) is 0 Å². The lowest BCUT2D eigenvalue weighted by Crippen LogP contribution is -1.70. The monoisotopic (exact) mass is 109 g/mol. The predicted octanol–water partition coefficient (Wildman–Crippen LogP) is 1.75. The van der Waals surface area contributed by atoms with E-state index in [2.05, 4.69) is 6.26 Å². The van der Waals surface area contributed by atoms with E-state index in [9.17, 15) is 0 Å². The van der Waals surface area contributed by atoms with E-state index in [1.807, 2.05) is 0 Å². The van der Waals surface area contributed by atoms with E-state index in [1.165, 1.54) is 11.8 Å². The SMILES string of the molecule is [CH2]SCCCl. The molecule has 2 heteroatoms. The van der Waals surface area contributed by atoms with Crippen molar-refractivity contribution < 1.29 is 0 Å². The van der Waals surface area contributed by atoms with Gasteiger partial charge in [0.05, 0.1) is 0 Å². The van der Waals surface area contributed by atoms with Crippen molar-refractivity contribution in [3.05, 3.63) is 6.26 Å². The minimum absolute atomic E-state index is 0.716. The first-order valence-electron chi connectivity index (χ1n) is 1.34. The van der Waals surface area contributed by atoms with Gasteiger partial charge in [-0.15, -0.1) is 11.6 Å². The third-order valence-electron chi connectivity index (χ3n) is 0.221. The lowest BCUT2D eigenvalue weighted by atomic mass is 11.0. The molecule has 0 aromatic carbocycles. The van der Waals surface area contributed by atoms with Crippen LogP contribution < -0.4 is 0 Å². The van der Waals surface area contributed by atoms with Gasteiger partial charge in [0.1, 0.15) is 0 Å². The highest BCUT2D eigenvalue weighted by Crippen LogP contribution is 1.92. The van der Waals surface area contributed by atoms with Crippen LogP contribution in [0, 0.1) is 6.26 Å². The average Bonchev–Trinajstić information content (AvgIpc) is 1.41. The van der Waals surface area contributed by atoms with Crippen molar-refractivity contribution in [3.63, 3.8) is 0 Å². The second kappa shape index (κ2) is 4.64. The molecule has 0 saturated heterocycles. The summed E-state index contributed by atoms with van der Waals surface area (Å²) in [5, 5.41) is 0. The lowest BCUT2D eigenvalue weighted by Gasteiger charge is -1.77. The molecule has 0 atom stereocenters. The number of hydrogen-bond acceptors (Lipinski definition) is 1. The van der Waals surface area contributed by atoms with Crippen molar-refractivity contribution >= 4 is 23.4 Å². The van der Waals surface area contributed by atoms with Gasteiger partial charge in [0, 0.05) is 17.9 Å². The average molecular weight is 110 g/mol. The fourth-order valence-corrected chi connectivity index (χ4v) is 0.491. The standard InChI is InChI=1S/C3H6ClS/c1-5-3-2-4/h1-3H2. The molecule has 0 unspecified atom stereocenters. The maximum Gasteiger partial charge on any atom is 0.0314 e. The number of halogens is 1. The molecule has 5 heavy (non-hydrogen) atoms. The summed E-state index contributed by atoms with van der Waals surface area (Å²) in [6.45, 7) is 0. The van der Waals surface area contributed by atoms with Crippen LogP contribution in [0.25, 0.3) is 0 Å². The van der Waals surface area contributed by atoms with Gasteiger partial charge >= 0.3 is 0 Å². The van der Waals surface area contributed by atoms with Crippen LogP contribution in [0.2, 0.25) is 0 Å². The fraction of sp³-hybridized carbons (Fsp3) is 0.667. The molecule has 1 radical (unpaired) electrons. The third-order valence-corrected chi connectivity index (χ3v) is 1.13. The summed E-state index contributed by atoms with van der Waals surface area (Å²) in [6.07, 6.45) is 3.51. The van der Waals surface area contributed by atoms with Crippen LogP contribution in [-0.4, -0.2) is 11.6 Å². The lowest BCUT2D eigenvalue weighted by molar-refractivity contribution is 1.55. The summed E-state index contributed by atoms with van der Waals surface area (Å²) in [5.74, 6) is 1.68. The molecule has 0 aliphatic heterocycles. The van der Waals surface area contributed by atoms with Gasteiger partial charge in [-0.2, -0.15) is 11.8 Å². The van der Waals surface area contributed by atoms with Gasteiger partial charge in [-0.1, -0.05) is 0 Å². The normalized spacial score (nSPS) is 8.40. The molecule has 0 bridgehead atoms. The Labute approximate surface area is 41.9 Å². The molecule has 0 nitrogen and oxygen atoms in total. The zero-order valence-electron chi connectivity index (χ0n) is 2.91. The molecule has 0 N–H and O–H groups in total. The maximum atomic E-state index is 5.24. The van der Waals surface area contributed by atoms with Gasteiger partial charge in [-0.05, 0) is 0 Å². The number of alkyl halides is 1. The number of thioether (sulfide) groups is 1. The van der Waals surface area contributed by atoms with Crippen LogP contribution in [0.4, 0.5) is 0 Å². The molecule has 0 aliphatic rings. The van der Waals surface area contributed by atoms with Gasteiger partial charge < -0.3 is 0 Å². The molecule has 0 heterocycles. The highest BCUT2D eigenvalue weighted by Gasteiger charge is 1.70. The van der Waals surface area contributed by atoms with Gasteiger partial charge in [0.25, 0.3) is 0 Å². The Hall–Kier alpha value is 0.640. The Morgan fingerprint density at radius 1 is 1.80 bits per heavy atom. The Morgan fingerprint density at radius 3 is 2.40 bits per heavy atom. The quantitative estimate of drug-likeness (QED) is 0.487. The van der Waals surface area contributed by atoms with Crippen LogP contribution in [0.15, 0.2) is 0 Å². The van der Waals surface area contributed by atoms with E-state index in [4.69, 9.17) is 11.6 Å². The Balaban J connectivity index is 2.19. The second-order valence-corrected chi connectivity index (χ2v) is 1.79. The summed E-state index contributed by atoms with van der Waals surface area (Å²) in [7, 11) is 0. The molecule has 0 saturated carbocycles. The Morgan fingerprint density at radius 2 is 2.40 bits per heavy atom. The highest BCUT2D eigenvalue weighted by atomic mass is 35.5. The maximum absolute atomic E-state index is 5.24. The summed E-state index contributed by atoms with van der Waals surface area (Å²) < 4.78 is 0. The first-order valence-corrected chi connectivity index (χ1v) is 3.03. The minimum Gasteiger partial charge on any atom is -0.160 e. The topological polar surface area (TPSA) is 0 Å². The van der Waals surface area contributed by atoms with E-state index < -0.39 is 0 Å². The molecule has 0 fully saturated rings. The molecular weight excluding hydrogens is 104 g/mol. The van der Waals surface area contributed by atoms with Crippen molar-refractivity contribution in [1.82, 2.24) is 0 Å². The molecule has 0 spiro atoms. The highest BCUT2D eigenvalue weighted by molar-refractivity contribution is 8.00. The molecule has 31 valence electrons. The first kappa shape index (κ1) is 5.64. The van der Waals surface area contributed by atoms with Crippen molar-refractivity contribution in [1.29, 1.82) is 0 Å². The van der Waals surface area contributed by atoms with Gasteiger partial charge in [0.15, 0.2) is 0 Å². The molecule has 0 aromatic rings. The van der Waals surface area contributed by atoms with E-state index >= 15 is 0 Å². The van der Waals surface area contributed by atoms with Gasteiger partial charge in [0.2, 0.25) is 0 Å². The predicted molar refractivity (Wildman–Crippen MR) is 28.5 cm³/mol. The molecule has 0 aromatic heterocycles. The summed E-state index contributed by atoms with van der Waals surface area (Å²) in [4.78, 5) is 0. The second-order valence-electron chi connectivity index (χ2n) is 0.597. The van der Waals surface area contributed by atoms with Crippen LogP contribution in [0.3, 0.4) is 0 Å². The smallest absolute Gasteiger partial charge is 0.0314 e. The van der Waals surface area contributed by atoms with E-state index in [0.717, 1.165) is 5.75 Å². The van der Waals surface area contributed by atoms with E-state index in [1.54, 1.807) is 0 Å². The molecule has 0 aliphatic carbocycles. The fourth-order valence-electron chi connectivity index (χ4n) is 0.0546.